The number of hydrogen-bond donors (Lipinski definition) is 1. The Morgan fingerprint density at radius 3 is 2.54 bits per heavy atom. The fourth-order valence-electron chi connectivity index (χ4n) is 6.79. The average molecular weight is 751 g/mol. The molecule has 2 aromatic carbocycles. The number of carbonyl (C=O) groups is 2. The van der Waals surface area contributed by atoms with Gasteiger partial charge in [0, 0.05) is 43.5 Å². The van der Waals surface area contributed by atoms with E-state index in [0.717, 1.165) is 15.5 Å². The number of aryl methyl sites for hydroxylation is 2. The summed E-state index contributed by atoms with van der Waals surface area (Å²) in [6.45, 7) is 4.32. The molecule has 0 unspecified atom stereocenters. The van der Waals surface area contributed by atoms with Gasteiger partial charge in [-0.1, -0.05) is 26.0 Å². The van der Waals surface area contributed by atoms with Crippen molar-refractivity contribution in [3.8, 4) is 5.69 Å². The van der Waals surface area contributed by atoms with Crippen LogP contribution in [0.3, 0.4) is 0 Å². The smallest absolute Gasteiger partial charge is 0.411 e. The van der Waals surface area contributed by atoms with Crippen LogP contribution < -0.4 is 21.5 Å². The Balaban J connectivity index is 1.37. The molecule has 0 bridgehead atoms. The molecule has 0 aliphatic carbocycles. The van der Waals surface area contributed by atoms with Gasteiger partial charge >= 0.3 is 17.8 Å². The van der Waals surface area contributed by atoms with Crippen molar-refractivity contribution in [1.29, 1.82) is 0 Å². The number of anilines is 1. The number of carbonyl (C=O) groups excluding carboxylic acids is 2. The standard InChI is InChI=1S/C38H38F4N6O6/c1-5-24(6-2)54-36(51)28(45-34(49)32-21(3)16-23(18-27(32)39)47-14-15-53-20-31(47)38(40,41)42)17-22-9-10-29(33-25(22)8-7-12-44-33)48-35(50)26-11-13-43-19-30(26)46(4)37(48)52/h7-13,16,18-19,24,28,31H,5-6,14-15,17,20H2,1-4H3,(H,45,49)/t28-,31+/m0/s1. The third kappa shape index (κ3) is 7.29. The maximum absolute atomic E-state index is 15.8. The van der Waals surface area contributed by atoms with Crippen molar-refractivity contribution < 1.29 is 36.6 Å². The second-order valence-corrected chi connectivity index (χ2v) is 13.1. The summed E-state index contributed by atoms with van der Waals surface area (Å²) in [4.78, 5) is 64.1. The van der Waals surface area contributed by atoms with Gasteiger partial charge in [-0.3, -0.25) is 24.1 Å². The van der Waals surface area contributed by atoms with Crippen LogP contribution in [0.4, 0.5) is 23.2 Å². The topological polar surface area (TPSA) is 138 Å². The van der Waals surface area contributed by atoms with Gasteiger partial charge in [-0.2, -0.15) is 13.2 Å². The molecule has 2 atom stereocenters. The normalized spacial score (nSPS) is 15.5. The Bertz CT molecular complexity index is 2330. The van der Waals surface area contributed by atoms with E-state index in [1.165, 1.54) is 55.3 Å². The summed E-state index contributed by atoms with van der Waals surface area (Å²) < 4.78 is 70.2. The first-order chi connectivity index (χ1) is 25.7. The molecule has 0 saturated carbocycles. The van der Waals surface area contributed by atoms with E-state index in [1.807, 2.05) is 13.8 Å². The number of aromatic nitrogens is 4. The zero-order valence-electron chi connectivity index (χ0n) is 29.9. The molecule has 284 valence electrons. The molecule has 1 aliphatic heterocycles. The van der Waals surface area contributed by atoms with Crippen LogP contribution in [0.25, 0.3) is 27.5 Å². The highest BCUT2D eigenvalue weighted by atomic mass is 19.4. The summed E-state index contributed by atoms with van der Waals surface area (Å²) in [5.41, 5.74) is -0.387. The van der Waals surface area contributed by atoms with Crippen molar-refractivity contribution in [2.24, 2.45) is 7.05 Å². The minimum absolute atomic E-state index is 0.00827. The summed E-state index contributed by atoms with van der Waals surface area (Å²) in [7, 11) is 1.52. The number of halogens is 4. The van der Waals surface area contributed by atoms with Gasteiger partial charge in [-0.15, -0.1) is 0 Å². The molecule has 0 spiro atoms. The van der Waals surface area contributed by atoms with Gasteiger partial charge in [0.1, 0.15) is 24.0 Å². The Kier molecular flexibility index (Phi) is 10.8. The first kappa shape index (κ1) is 38.1. The highest BCUT2D eigenvalue weighted by molar-refractivity contribution is 5.99. The lowest BCUT2D eigenvalue weighted by Gasteiger charge is -2.38. The number of rotatable bonds is 10. The molecule has 1 fully saturated rings. The number of ether oxygens (including phenoxy) is 2. The molecule has 16 heteroatoms. The van der Waals surface area contributed by atoms with Gasteiger partial charge < -0.3 is 19.7 Å². The number of nitrogens with zero attached hydrogens (tertiary/aromatic N) is 5. The summed E-state index contributed by atoms with van der Waals surface area (Å²) in [6, 6.07) is 6.78. The molecule has 6 rings (SSSR count). The van der Waals surface area contributed by atoms with Crippen molar-refractivity contribution in [3.05, 3.63) is 104 Å². The van der Waals surface area contributed by atoms with E-state index in [1.54, 1.807) is 18.2 Å². The highest BCUT2D eigenvalue weighted by Gasteiger charge is 2.45. The van der Waals surface area contributed by atoms with Crippen LogP contribution in [0.1, 0.15) is 48.2 Å². The largest absolute Gasteiger partial charge is 0.461 e. The maximum Gasteiger partial charge on any atom is 0.411 e. The molecular formula is C38H38F4N6O6. The Labute approximate surface area is 306 Å². The Morgan fingerprint density at radius 2 is 1.83 bits per heavy atom. The number of morpholine rings is 1. The van der Waals surface area contributed by atoms with E-state index in [2.05, 4.69) is 15.3 Å². The first-order valence-electron chi connectivity index (χ1n) is 17.4. The molecule has 54 heavy (non-hydrogen) atoms. The third-order valence-corrected chi connectivity index (χ3v) is 9.70. The van der Waals surface area contributed by atoms with Crippen LogP contribution in [0, 0.1) is 12.7 Å². The average Bonchev–Trinajstić information content (AvgIpc) is 3.15. The molecule has 0 radical (unpaired) electrons. The lowest BCUT2D eigenvalue weighted by molar-refractivity contribution is -0.167. The number of fused-ring (bicyclic) bond motifs is 2. The van der Waals surface area contributed by atoms with Crippen LogP contribution in [0.5, 0.6) is 0 Å². The first-order valence-corrected chi connectivity index (χ1v) is 17.4. The number of amides is 1. The molecule has 1 N–H and O–H groups in total. The quantitative estimate of drug-likeness (QED) is 0.156. The number of pyridine rings is 2. The zero-order chi connectivity index (χ0) is 38.9. The Morgan fingerprint density at radius 1 is 1.07 bits per heavy atom. The van der Waals surface area contributed by atoms with Crippen LogP contribution in [-0.2, 0) is 27.7 Å². The van der Waals surface area contributed by atoms with Crippen LogP contribution in [0.15, 0.2) is 70.6 Å². The van der Waals surface area contributed by atoms with Gasteiger partial charge in [0.25, 0.3) is 11.5 Å². The summed E-state index contributed by atoms with van der Waals surface area (Å²) in [5.74, 6) is -2.83. The minimum Gasteiger partial charge on any atom is -0.461 e. The third-order valence-electron chi connectivity index (χ3n) is 9.70. The summed E-state index contributed by atoms with van der Waals surface area (Å²) in [6.07, 6.45) is 0.0607. The molecule has 5 aromatic rings. The van der Waals surface area contributed by atoms with E-state index < -0.39 is 65.5 Å². The molecular weight excluding hydrogens is 712 g/mol. The van der Waals surface area contributed by atoms with Crippen LogP contribution in [-0.4, -0.2) is 75.1 Å². The van der Waals surface area contributed by atoms with E-state index >= 15 is 4.39 Å². The van der Waals surface area contributed by atoms with Gasteiger partial charge in [0.15, 0.2) is 0 Å². The van der Waals surface area contributed by atoms with Crippen molar-refractivity contribution in [2.75, 3.05) is 24.7 Å². The molecule has 4 heterocycles. The van der Waals surface area contributed by atoms with E-state index in [4.69, 9.17) is 9.47 Å². The molecule has 3 aromatic heterocycles. The number of esters is 1. The summed E-state index contributed by atoms with van der Waals surface area (Å²) >= 11 is 0. The highest BCUT2D eigenvalue weighted by Crippen LogP contribution is 2.33. The van der Waals surface area contributed by atoms with Crippen LogP contribution >= 0.6 is 0 Å². The van der Waals surface area contributed by atoms with E-state index in [0.29, 0.717) is 29.3 Å². The fraction of sp³-hybridized carbons (Fsp3) is 0.368. The maximum atomic E-state index is 15.8. The minimum atomic E-state index is -4.64. The Hall–Kier alpha value is -5.64. The van der Waals surface area contributed by atoms with Crippen molar-refractivity contribution in [1.82, 2.24) is 24.4 Å². The van der Waals surface area contributed by atoms with E-state index in [9.17, 15) is 32.3 Å². The van der Waals surface area contributed by atoms with Crippen molar-refractivity contribution in [3.63, 3.8) is 0 Å². The number of hydrogen-bond acceptors (Lipinski definition) is 9. The lowest BCUT2D eigenvalue weighted by atomic mass is 9.98. The fourth-order valence-corrected chi connectivity index (χ4v) is 6.79. The summed E-state index contributed by atoms with van der Waals surface area (Å²) in [5, 5.41) is 3.32. The zero-order valence-corrected chi connectivity index (χ0v) is 29.9. The van der Waals surface area contributed by atoms with Gasteiger partial charge in [-0.05, 0) is 61.2 Å². The van der Waals surface area contributed by atoms with Crippen molar-refractivity contribution >= 4 is 39.4 Å². The van der Waals surface area contributed by atoms with Crippen LogP contribution in [0.2, 0.25) is 0 Å². The van der Waals surface area contributed by atoms with Gasteiger partial charge in [0.2, 0.25) is 0 Å². The molecule has 12 nitrogen and oxygen atoms in total. The number of benzene rings is 2. The molecule has 1 saturated heterocycles. The monoisotopic (exact) mass is 750 g/mol. The lowest BCUT2D eigenvalue weighted by Crippen LogP contribution is -2.53. The molecule has 1 aliphatic rings. The SMILES string of the molecule is CCC(CC)OC(=O)[C@H](Cc1ccc(-n2c(=O)c3ccncc3n(C)c2=O)c2ncccc12)NC(=O)c1c(C)cc(N2CCOC[C@@H]2C(F)(F)F)cc1F. The second-order valence-electron chi connectivity index (χ2n) is 13.1. The molecule has 1 amide bonds. The van der Waals surface area contributed by atoms with E-state index in [-0.39, 0.29) is 47.4 Å². The predicted molar refractivity (Wildman–Crippen MR) is 192 cm³/mol. The van der Waals surface area contributed by atoms with Crippen molar-refractivity contribution in [2.45, 2.75) is 64.4 Å². The number of nitrogens with one attached hydrogen (secondary N) is 1. The predicted octanol–water partition coefficient (Wildman–Crippen LogP) is 4.92. The van der Waals surface area contributed by atoms with Gasteiger partial charge in [-0.25, -0.2) is 18.5 Å². The second kappa shape index (κ2) is 15.4. The van der Waals surface area contributed by atoms with Gasteiger partial charge in [0.05, 0.1) is 47.1 Å². The number of alkyl halides is 3.